The van der Waals surface area contributed by atoms with Gasteiger partial charge in [-0.2, -0.15) is 0 Å². The Kier molecular flexibility index (Phi) is 4.78. The van der Waals surface area contributed by atoms with E-state index in [9.17, 15) is 15.0 Å². The van der Waals surface area contributed by atoms with Gasteiger partial charge < -0.3 is 20.8 Å². The highest BCUT2D eigenvalue weighted by Gasteiger charge is 2.23. The lowest BCUT2D eigenvalue weighted by Gasteiger charge is -2.31. The van der Waals surface area contributed by atoms with E-state index in [4.69, 9.17) is 5.73 Å². The van der Waals surface area contributed by atoms with E-state index in [0.717, 1.165) is 0 Å². The fourth-order valence-electron chi connectivity index (χ4n) is 1.75. The van der Waals surface area contributed by atoms with E-state index in [2.05, 4.69) is 0 Å². The maximum atomic E-state index is 12.3. The molecule has 0 atom stereocenters. The summed E-state index contributed by atoms with van der Waals surface area (Å²) in [4.78, 5) is 14.0. The maximum absolute atomic E-state index is 12.3. The number of nitrogens with two attached hydrogens (primary N) is 1. The van der Waals surface area contributed by atoms with Crippen LogP contribution >= 0.6 is 0 Å². The molecule has 0 aromatic heterocycles. The molecule has 4 N–H and O–H groups in total. The van der Waals surface area contributed by atoms with Gasteiger partial charge in [0.2, 0.25) is 0 Å². The molecule has 0 saturated heterocycles. The summed E-state index contributed by atoms with van der Waals surface area (Å²) in [6, 6.07) is 4.08. The fraction of sp³-hybridized carbons (Fsp3) is 0.500. The molecular weight excluding hydrogens is 244 g/mol. The highest BCUT2D eigenvalue weighted by Crippen LogP contribution is 2.26. The van der Waals surface area contributed by atoms with Crippen molar-refractivity contribution in [1.29, 1.82) is 0 Å². The molecule has 0 bridgehead atoms. The average Bonchev–Trinajstić information content (AvgIpc) is 2.38. The van der Waals surface area contributed by atoms with Crippen LogP contribution in [0.5, 0.6) is 11.5 Å². The van der Waals surface area contributed by atoms with Crippen molar-refractivity contribution in [2.45, 2.75) is 20.8 Å². The van der Waals surface area contributed by atoms with Gasteiger partial charge in [0.15, 0.2) is 11.5 Å². The molecule has 0 unspecified atom stereocenters. The topological polar surface area (TPSA) is 86.8 Å². The van der Waals surface area contributed by atoms with Crippen molar-refractivity contribution < 1.29 is 15.0 Å². The predicted octanol–water partition coefficient (Wildman–Crippen LogP) is 1.54. The Balaban J connectivity index is 2.92. The summed E-state index contributed by atoms with van der Waals surface area (Å²) in [6.45, 7) is 7.47. The molecule has 0 radical (unpaired) electrons. The van der Waals surface area contributed by atoms with Gasteiger partial charge in [-0.15, -0.1) is 0 Å². The molecule has 1 amide bonds. The Morgan fingerprint density at radius 2 is 1.95 bits per heavy atom. The second-order valence-electron chi connectivity index (χ2n) is 5.39. The highest BCUT2D eigenvalue weighted by atomic mass is 16.3. The van der Waals surface area contributed by atoms with Gasteiger partial charge in [-0.1, -0.05) is 13.8 Å². The Hall–Kier alpha value is -1.75. The zero-order valence-electron chi connectivity index (χ0n) is 11.7. The van der Waals surface area contributed by atoms with Gasteiger partial charge >= 0.3 is 0 Å². The molecule has 106 valence electrons. The monoisotopic (exact) mass is 266 g/mol. The van der Waals surface area contributed by atoms with Crippen molar-refractivity contribution in [1.82, 2.24) is 4.90 Å². The third-order valence-corrected chi connectivity index (χ3v) is 3.06. The molecule has 19 heavy (non-hydrogen) atoms. The number of amides is 1. The second kappa shape index (κ2) is 5.93. The van der Waals surface area contributed by atoms with E-state index >= 15 is 0 Å². The summed E-state index contributed by atoms with van der Waals surface area (Å²) in [5, 5.41) is 18.7. The van der Waals surface area contributed by atoms with Crippen LogP contribution in [0.3, 0.4) is 0 Å². The van der Waals surface area contributed by atoms with Gasteiger partial charge in [0, 0.05) is 18.7 Å². The van der Waals surface area contributed by atoms with E-state index in [0.29, 0.717) is 25.2 Å². The lowest BCUT2D eigenvalue weighted by molar-refractivity contribution is 0.0700. The van der Waals surface area contributed by atoms with Crippen LogP contribution in [0.25, 0.3) is 0 Å². The van der Waals surface area contributed by atoms with Crippen LogP contribution < -0.4 is 5.73 Å². The molecule has 5 heteroatoms. The van der Waals surface area contributed by atoms with E-state index in [1.54, 1.807) is 4.90 Å². The average molecular weight is 266 g/mol. The number of benzene rings is 1. The number of hydrogen-bond donors (Lipinski definition) is 3. The normalized spacial score (nSPS) is 11.4. The zero-order chi connectivity index (χ0) is 14.6. The summed E-state index contributed by atoms with van der Waals surface area (Å²) in [5.74, 6) is -0.707. The van der Waals surface area contributed by atoms with Crippen LogP contribution in [0, 0.1) is 5.41 Å². The third-order valence-electron chi connectivity index (χ3n) is 3.06. The van der Waals surface area contributed by atoms with Crippen molar-refractivity contribution in [3.8, 4) is 11.5 Å². The van der Waals surface area contributed by atoms with Crippen LogP contribution in [0.4, 0.5) is 0 Å². The van der Waals surface area contributed by atoms with Gasteiger partial charge in [0.05, 0.1) is 0 Å². The molecule has 0 spiro atoms. The van der Waals surface area contributed by atoms with Gasteiger partial charge in [-0.25, -0.2) is 0 Å². The third kappa shape index (κ3) is 3.86. The van der Waals surface area contributed by atoms with Gasteiger partial charge in [0.25, 0.3) is 5.91 Å². The van der Waals surface area contributed by atoms with Crippen molar-refractivity contribution >= 4 is 5.91 Å². The van der Waals surface area contributed by atoms with Crippen LogP contribution in [0.2, 0.25) is 0 Å². The van der Waals surface area contributed by atoms with Crippen molar-refractivity contribution in [3.63, 3.8) is 0 Å². The molecule has 1 rings (SSSR count). The lowest BCUT2D eigenvalue weighted by atomic mass is 9.93. The molecule has 1 aromatic carbocycles. The molecule has 0 fully saturated rings. The Labute approximate surface area is 113 Å². The zero-order valence-corrected chi connectivity index (χ0v) is 11.7. The van der Waals surface area contributed by atoms with Crippen molar-refractivity contribution in [2.75, 3.05) is 19.6 Å². The summed E-state index contributed by atoms with van der Waals surface area (Å²) < 4.78 is 0. The Morgan fingerprint density at radius 3 is 2.42 bits per heavy atom. The first-order valence-corrected chi connectivity index (χ1v) is 6.32. The number of carbonyl (C=O) groups excluding carboxylic acids is 1. The number of aromatic hydroxyl groups is 2. The molecule has 0 saturated carbocycles. The Morgan fingerprint density at radius 1 is 1.32 bits per heavy atom. The fourth-order valence-corrected chi connectivity index (χ4v) is 1.75. The summed E-state index contributed by atoms with van der Waals surface area (Å²) in [7, 11) is 0. The summed E-state index contributed by atoms with van der Waals surface area (Å²) in [6.07, 6.45) is 0. The van der Waals surface area contributed by atoms with Crippen LogP contribution in [0.1, 0.15) is 31.1 Å². The summed E-state index contributed by atoms with van der Waals surface area (Å²) in [5.41, 5.74) is 5.87. The van der Waals surface area contributed by atoms with Crippen molar-refractivity contribution in [3.05, 3.63) is 23.8 Å². The lowest BCUT2D eigenvalue weighted by Crippen LogP contribution is -2.41. The van der Waals surface area contributed by atoms with E-state index in [1.807, 2.05) is 20.8 Å². The molecule has 0 aliphatic heterocycles. The predicted molar refractivity (Wildman–Crippen MR) is 74.2 cm³/mol. The van der Waals surface area contributed by atoms with E-state index < -0.39 is 0 Å². The van der Waals surface area contributed by atoms with Crippen LogP contribution in [0.15, 0.2) is 18.2 Å². The largest absolute Gasteiger partial charge is 0.504 e. The molecule has 0 aliphatic rings. The number of hydrogen-bond acceptors (Lipinski definition) is 4. The van der Waals surface area contributed by atoms with Gasteiger partial charge in [0.1, 0.15) is 0 Å². The van der Waals surface area contributed by atoms with Crippen LogP contribution in [-0.4, -0.2) is 40.7 Å². The van der Waals surface area contributed by atoms with E-state index in [1.165, 1.54) is 18.2 Å². The second-order valence-corrected chi connectivity index (χ2v) is 5.39. The molecule has 0 heterocycles. The number of rotatable bonds is 5. The molecule has 0 aliphatic carbocycles. The smallest absolute Gasteiger partial charge is 0.254 e. The quantitative estimate of drug-likeness (QED) is 0.706. The van der Waals surface area contributed by atoms with Gasteiger partial charge in [-0.05, 0) is 37.1 Å². The minimum absolute atomic E-state index is 0.162. The number of phenolic OH excluding ortho intramolecular Hbond substituents is 2. The summed E-state index contributed by atoms with van der Waals surface area (Å²) >= 11 is 0. The SMILES string of the molecule is CCN(CC(C)(C)CN)C(=O)c1ccc(O)c(O)c1. The minimum atomic E-state index is -0.292. The Bertz CT molecular complexity index is 458. The first-order valence-electron chi connectivity index (χ1n) is 6.32. The number of nitrogens with zero attached hydrogens (tertiary/aromatic N) is 1. The first-order chi connectivity index (χ1) is 8.80. The van der Waals surface area contributed by atoms with Crippen LogP contribution in [-0.2, 0) is 0 Å². The van der Waals surface area contributed by atoms with Gasteiger partial charge in [-0.3, -0.25) is 4.79 Å². The minimum Gasteiger partial charge on any atom is -0.504 e. The van der Waals surface area contributed by atoms with Crippen molar-refractivity contribution in [2.24, 2.45) is 11.1 Å². The standard InChI is InChI=1S/C14H22N2O3/c1-4-16(9-14(2,3)8-15)13(19)10-5-6-11(17)12(18)7-10/h5-7,17-18H,4,8-9,15H2,1-3H3. The van der Waals surface area contributed by atoms with E-state index in [-0.39, 0.29) is 22.8 Å². The first kappa shape index (κ1) is 15.3. The number of carbonyl (C=O) groups is 1. The highest BCUT2D eigenvalue weighted by molar-refractivity contribution is 5.94. The molecular formula is C14H22N2O3. The maximum Gasteiger partial charge on any atom is 0.254 e. The molecule has 1 aromatic rings. The molecule has 5 nitrogen and oxygen atoms in total. The number of phenols is 2.